The molecule has 0 nitrogen and oxygen atoms in total. The summed E-state index contributed by atoms with van der Waals surface area (Å²) in [5, 5.41) is 0. The van der Waals surface area contributed by atoms with Crippen LogP contribution < -0.4 is 0 Å². The van der Waals surface area contributed by atoms with Crippen LogP contribution in [0.2, 0.25) is 0 Å². The van der Waals surface area contributed by atoms with Gasteiger partial charge in [0.2, 0.25) is 0 Å². The van der Waals surface area contributed by atoms with Crippen LogP contribution in [-0.4, -0.2) is 0 Å². The minimum atomic E-state index is 0.775. The zero-order chi connectivity index (χ0) is 9.98. The van der Waals surface area contributed by atoms with Gasteiger partial charge in [-0.15, -0.1) is 0 Å². The molecule has 0 aromatic rings. The van der Waals surface area contributed by atoms with E-state index in [0.29, 0.717) is 0 Å². The number of rotatable bonds is 3. The van der Waals surface area contributed by atoms with Crippen molar-refractivity contribution in [3.8, 4) is 5.92 Å². The maximum atomic E-state index is 6.72. The van der Waals surface area contributed by atoms with Crippen LogP contribution >= 0.6 is 13.6 Å². The first-order chi connectivity index (χ1) is 5.66. The van der Waals surface area contributed by atoms with Gasteiger partial charge in [0.25, 0.3) is 0 Å². The zero-order valence-electron chi connectivity index (χ0n) is 7.78. The summed E-state index contributed by atoms with van der Waals surface area (Å²) in [6.45, 7) is 7.77. The fraction of sp³-hybridized carbons (Fsp3) is 0.400. The van der Waals surface area contributed by atoms with E-state index in [9.17, 15) is 0 Å². The summed E-state index contributed by atoms with van der Waals surface area (Å²) in [6, 6.07) is 0. The molecular formula is C10H13BrZn. The first-order valence-corrected chi connectivity index (χ1v) is 10.6. The second-order valence-electron chi connectivity index (χ2n) is 2.55. The van der Waals surface area contributed by atoms with Crippen molar-refractivity contribution in [2.24, 2.45) is 0 Å². The third-order valence-electron chi connectivity index (χ3n) is 1.18. The molecule has 2 heteroatoms. The number of allylic oxidation sites excluding steroid dienone is 3. The summed E-state index contributed by atoms with van der Waals surface area (Å²) < 4.78 is 0. The number of hydrogen-bond donors (Lipinski definition) is 0. The molecule has 0 spiro atoms. The standard InChI is InChI=1S/C10H13.BrH.Zn/c1-5-10(4)8-6-7-9(2)3;;/h7H,4,6,8H2,2-3H3;1H;/q-1;;+2/p-1. The van der Waals surface area contributed by atoms with Crippen LogP contribution in [0.5, 0.6) is 0 Å². The molecule has 0 atom stereocenters. The summed E-state index contributed by atoms with van der Waals surface area (Å²) in [6.07, 6.45) is 10.7. The van der Waals surface area contributed by atoms with Gasteiger partial charge in [0.15, 0.2) is 0 Å². The molecule has 0 fully saturated rings. The maximum absolute atomic E-state index is 6.72. The molecule has 62 valence electrons. The van der Waals surface area contributed by atoms with E-state index in [1.54, 1.807) is 0 Å². The predicted octanol–water partition coefficient (Wildman–Crippen LogP) is 3.72. The van der Waals surface area contributed by atoms with E-state index in [1.807, 2.05) is 0 Å². The van der Waals surface area contributed by atoms with E-state index in [2.05, 4.69) is 46.0 Å². The van der Waals surface area contributed by atoms with E-state index >= 15 is 0 Å². The Bertz CT molecular complexity index is 183. The van der Waals surface area contributed by atoms with Crippen molar-refractivity contribution in [3.05, 3.63) is 30.2 Å². The van der Waals surface area contributed by atoms with Gasteiger partial charge >= 0.3 is 30.0 Å². The van der Waals surface area contributed by atoms with Crippen molar-refractivity contribution in [2.45, 2.75) is 26.7 Å². The minimum absolute atomic E-state index is 0.775. The Morgan fingerprint density at radius 1 is 1.58 bits per heavy atom. The Morgan fingerprint density at radius 3 is 2.42 bits per heavy atom. The average molecular weight is 279 g/mol. The van der Waals surface area contributed by atoms with E-state index in [0.717, 1.165) is 18.4 Å². The van der Waals surface area contributed by atoms with E-state index in [-0.39, 0.29) is 0 Å². The Morgan fingerprint density at radius 2 is 2.08 bits per heavy atom. The Hall–Kier alpha value is 0.143. The summed E-state index contributed by atoms with van der Waals surface area (Å²) in [5.74, 6) is 2.26. The van der Waals surface area contributed by atoms with E-state index in [1.165, 1.54) is 21.9 Å². The fourth-order valence-electron chi connectivity index (χ4n) is 0.598. The van der Waals surface area contributed by atoms with Crippen molar-refractivity contribution in [2.75, 3.05) is 0 Å². The molecule has 0 aliphatic rings. The molecule has 0 amide bonds. The van der Waals surface area contributed by atoms with Gasteiger partial charge in [-0.05, 0) is 20.3 Å². The predicted molar refractivity (Wildman–Crippen MR) is 53.9 cm³/mol. The Kier molecular flexibility index (Phi) is 13.6. The summed E-state index contributed by atoms with van der Waals surface area (Å²) in [4.78, 5) is 0. The molecule has 0 bridgehead atoms. The quantitative estimate of drug-likeness (QED) is 0.319. The van der Waals surface area contributed by atoms with Crippen molar-refractivity contribution < 1.29 is 16.3 Å². The molecular weight excluding hydrogens is 265 g/mol. The third-order valence-corrected chi connectivity index (χ3v) is 1.18. The van der Waals surface area contributed by atoms with Crippen LogP contribution in [-0.2, 0) is 16.3 Å². The molecule has 12 heavy (non-hydrogen) atoms. The van der Waals surface area contributed by atoms with Gasteiger partial charge in [0.05, 0.1) is 0 Å². The van der Waals surface area contributed by atoms with Crippen LogP contribution in [0.15, 0.2) is 23.8 Å². The van der Waals surface area contributed by atoms with Gasteiger partial charge in [-0.25, -0.2) is 0 Å². The van der Waals surface area contributed by atoms with Crippen molar-refractivity contribution >= 4 is 13.6 Å². The van der Waals surface area contributed by atoms with Crippen molar-refractivity contribution in [3.63, 3.8) is 0 Å². The number of halogens is 1. The molecule has 0 N–H and O–H groups in total. The van der Waals surface area contributed by atoms with E-state index < -0.39 is 0 Å². The van der Waals surface area contributed by atoms with Gasteiger partial charge in [-0.3, -0.25) is 5.92 Å². The molecule has 0 aromatic heterocycles. The van der Waals surface area contributed by atoms with Crippen LogP contribution in [0.25, 0.3) is 0 Å². The summed E-state index contributed by atoms with van der Waals surface area (Å²) >= 11 is 4.25. The topological polar surface area (TPSA) is 0 Å². The van der Waals surface area contributed by atoms with Crippen molar-refractivity contribution in [1.82, 2.24) is 0 Å². The normalized spacial score (nSPS) is 7.33. The van der Waals surface area contributed by atoms with Crippen LogP contribution in [0.1, 0.15) is 26.7 Å². The molecule has 0 aliphatic heterocycles. The third kappa shape index (κ3) is 12.8. The zero-order valence-corrected chi connectivity index (χ0v) is 12.3. The fourth-order valence-corrected chi connectivity index (χ4v) is 0.598. The van der Waals surface area contributed by atoms with Gasteiger partial charge in [-0.1, -0.05) is 18.1 Å². The monoisotopic (exact) mass is 276 g/mol. The molecule has 0 unspecified atom stereocenters. The average Bonchev–Trinajstić information content (AvgIpc) is 2.07. The molecule has 0 saturated heterocycles. The first kappa shape index (κ1) is 14.7. The van der Waals surface area contributed by atoms with Crippen LogP contribution in [0.3, 0.4) is 0 Å². The van der Waals surface area contributed by atoms with Gasteiger partial charge < -0.3 is 6.42 Å². The SMILES string of the molecule is [C-]#CC(=C)CCC=C(C)C.[Zn+][Br]. The molecule has 0 aromatic carbocycles. The van der Waals surface area contributed by atoms with E-state index in [4.69, 9.17) is 6.42 Å². The molecule has 0 aliphatic carbocycles. The number of hydrogen-bond acceptors (Lipinski definition) is 0. The van der Waals surface area contributed by atoms with Gasteiger partial charge in [0, 0.05) is 0 Å². The molecule has 0 saturated carbocycles. The van der Waals surface area contributed by atoms with Gasteiger partial charge in [-0.2, -0.15) is 12.2 Å². The summed E-state index contributed by atoms with van der Waals surface area (Å²) in [7, 11) is 0. The Balaban J connectivity index is 0. The molecule has 0 radical (unpaired) electrons. The second kappa shape index (κ2) is 11.1. The Labute approximate surface area is 92.5 Å². The molecule has 0 heterocycles. The molecule has 0 rings (SSSR count). The van der Waals surface area contributed by atoms with Crippen LogP contribution in [0, 0.1) is 12.3 Å². The first-order valence-electron chi connectivity index (χ1n) is 3.67. The van der Waals surface area contributed by atoms with Gasteiger partial charge in [0.1, 0.15) is 0 Å². The van der Waals surface area contributed by atoms with Crippen molar-refractivity contribution in [1.29, 1.82) is 0 Å². The second-order valence-corrected chi connectivity index (χ2v) is 2.55. The van der Waals surface area contributed by atoms with Crippen LogP contribution in [0.4, 0.5) is 0 Å². The summed E-state index contributed by atoms with van der Waals surface area (Å²) in [5.41, 5.74) is 2.09.